The lowest BCUT2D eigenvalue weighted by Gasteiger charge is -2.16. The van der Waals surface area contributed by atoms with Crippen molar-refractivity contribution in [1.82, 2.24) is 20.3 Å². The summed E-state index contributed by atoms with van der Waals surface area (Å²) in [4.78, 5) is 26.1. The first-order chi connectivity index (χ1) is 13.0. The van der Waals surface area contributed by atoms with E-state index in [1.807, 2.05) is 0 Å². The Labute approximate surface area is 153 Å². The molecule has 3 heterocycles. The van der Waals surface area contributed by atoms with Crippen LogP contribution in [0.5, 0.6) is 0 Å². The number of hydrogen-bond acceptors (Lipinski definition) is 5. The van der Waals surface area contributed by atoms with Gasteiger partial charge in [-0.15, -0.1) is 0 Å². The Bertz CT molecular complexity index is 995. The molecule has 1 saturated heterocycles. The Hall–Kier alpha value is -3.49. The zero-order chi connectivity index (χ0) is 19.0. The van der Waals surface area contributed by atoms with Crippen molar-refractivity contribution in [3.05, 3.63) is 54.3 Å². The van der Waals surface area contributed by atoms with Crippen LogP contribution >= 0.6 is 0 Å². The van der Waals surface area contributed by atoms with Crippen molar-refractivity contribution < 1.29 is 18.5 Å². The number of benzene rings is 1. The Balaban J connectivity index is 1.42. The highest BCUT2D eigenvalue weighted by atomic mass is 19.1. The van der Waals surface area contributed by atoms with Crippen LogP contribution in [0.3, 0.4) is 0 Å². The van der Waals surface area contributed by atoms with Gasteiger partial charge in [-0.2, -0.15) is 5.10 Å². The first-order valence-electron chi connectivity index (χ1n) is 8.32. The molecule has 0 unspecified atom stereocenters. The molecule has 2 aromatic heterocycles. The molecule has 1 fully saturated rings. The fourth-order valence-corrected chi connectivity index (χ4v) is 3.00. The molecule has 0 radical (unpaired) electrons. The number of halogens is 1. The SMILES string of the molecule is Cn1cc(-c2cc(C(=O)N[C@@H]3CC(=O)N(c4ccc(F)cc4)C3)on2)cn1. The smallest absolute Gasteiger partial charge is 0.290 e. The van der Waals surface area contributed by atoms with Gasteiger partial charge in [-0.3, -0.25) is 14.3 Å². The summed E-state index contributed by atoms with van der Waals surface area (Å²) in [5, 5.41) is 10.7. The Morgan fingerprint density at radius 2 is 2.11 bits per heavy atom. The number of amides is 2. The van der Waals surface area contributed by atoms with Crippen LogP contribution in [0.4, 0.5) is 10.1 Å². The maximum atomic E-state index is 13.1. The molecule has 0 aliphatic carbocycles. The van der Waals surface area contributed by atoms with E-state index in [2.05, 4.69) is 15.6 Å². The van der Waals surface area contributed by atoms with Gasteiger partial charge in [0.1, 0.15) is 11.5 Å². The van der Waals surface area contributed by atoms with Crippen LogP contribution in [0.15, 0.2) is 47.2 Å². The van der Waals surface area contributed by atoms with Crippen LogP contribution < -0.4 is 10.2 Å². The van der Waals surface area contributed by atoms with E-state index in [1.54, 1.807) is 24.1 Å². The van der Waals surface area contributed by atoms with Gasteiger partial charge in [-0.25, -0.2) is 4.39 Å². The number of rotatable bonds is 4. The second-order valence-corrected chi connectivity index (χ2v) is 6.33. The molecule has 0 bridgehead atoms. The van der Waals surface area contributed by atoms with Gasteiger partial charge in [0.05, 0.1) is 12.2 Å². The normalized spacial score (nSPS) is 16.7. The summed E-state index contributed by atoms with van der Waals surface area (Å²) in [5.41, 5.74) is 1.83. The maximum Gasteiger partial charge on any atom is 0.290 e. The summed E-state index contributed by atoms with van der Waals surface area (Å²) in [6.07, 6.45) is 3.54. The average Bonchev–Trinajstić information content (AvgIpc) is 3.35. The largest absolute Gasteiger partial charge is 0.350 e. The van der Waals surface area contributed by atoms with Crippen LogP contribution in [-0.4, -0.2) is 39.3 Å². The Morgan fingerprint density at radius 3 is 2.81 bits per heavy atom. The summed E-state index contributed by atoms with van der Waals surface area (Å²) in [6.45, 7) is 0.305. The van der Waals surface area contributed by atoms with Crippen LogP contribution in [0.25, 0.3) is 11.3 Å². The topological polar surface area (TPSA) is 93.3 Å². The number of aromatic nitrogens is 3. The highest BCUT2D eigenvalue weighted by molar-refractivity contribution is 5.98. The summed E-state index contributed by atoms with van der Waals surface area (Å²) in [7, 11) is 1.78. The van der Waals surface area contributed by atoms with E-state index >= 15 is 0 Å². The first kappa shape index (κ1) is 17.0. The Morgan fingerprint density at radius 1 is 1.33 bits per heavy atom. The highest BCUT2D eigenvalue weighted by Crippen LogP contribution is 2.23. The summed E-state index contributed by atoms with van der Waals surface area (Å²) >= 11 is 0. The molecule has 9 heteroatoms. The van der Waals surface area contributed by atoms with Gasteiger partial charge < -0.3 is 14.7 Å². The molecule has 1 atom stereocenters. The zero-order valence-corrected chi connectivity index (χ0v) is 14.4. The lowest BCUT2D eigenvalue weighted by Crippen LogP contribution is -2.37. The number of aryl methyl sites for hydroxylation is 1. The predicted molar refractivity (Wildman–Crippen MR) is 93.3 cm³/mol. The minimum atomic E-state index is -0.448. The molecule has 1 aliphatic rings. The van der Waals surface area contributed by atoms with E-state index in [1.165, 1.54) is 35.2 Å². The lowest BCUT2D eigenvalue weighted by molar-refractivity contribution is -0.117. The second kappa shape index (κ2) is 6.67. The third-order valence-electron chi connectivity index (χ3n) is 4.33. The molecule has 8 nitrogen and oxygen atoms in total. The maximum absolute atomic E-state index is 13.1. The number of hydrogen-bond donors (Lipinski definition) is 1. The van der Waals surface area contributed by atoms with E-state index in [4.69, 9.17) is 4.52 Å². The van der Waals surface area contributed by atoms with Gasteiger partial charge in [-0.1, -0.05) is 5.16 Å². The van der Waals surface area contributed by atoms with Crippen LogP contribution in [0, 0.1) is 5.82 Å². The molecule has 1 N–H and O–H groups in total. The van der Waals surface area contributed by atoms with Crippen LogP contribution in [0.2, 0.25) is 0 Å². The summed E-state index contributed by atoms with van der Waals surface area (Å²) in [5.74, 6) is -0.900. The van der Waals surface area contributed by atoms with E-state index in [9.17, 15) is 14.0 Å². The number of anilines is 1. The standard InChI is InChI=1S/C18H16FN5O3/c1-23-9-11(8-20-23)15-7-16(27-22-15)18(26)21-13-6-17(25)24(10-13)14-4-2-12(19)3-5-14/h2-5,7-9,13H,6,10H2,1H3,(H,21,26)/t13-/m1/s1. The number of carbonyl (C=O) groups is 2. The van der Waals surface area contributed by atoms with Gasteiger partial charge in [0.2, 0.25) is 11.7 Å². The molecule has 3 aromatic rings. The zero-order valence-electron chi connectivity index (χ0n) is 14.4. The molecule has 27 heavy (non-hydrogen) atoms. The molecular formula is C18H16FN5O3. The van der Waals surface area contributed by atoms with Crippen molar-refractivity contribution in [1.29, 1.82) is 0 Å². The van der Waals surface area contributed by atoms with Gasteiger partial charge in [0.15, 0.2) is 0 Å². The molecule has 1 aliphatic heterocycles. The van der Waals surface area contributed by atoms with Crippen molar-refractivity contribution in [2.24, 2.45) is 7.05 Å². The quantitative estimate of drug-likeness (QED) is 0.756. The minimum absolute atomic E-state index is 0.0570. The van der Waals surface area contributed by atoms with Crippen molar-refractivity contribution >= 4 is 17.5 Å². The third kappa shape index (κ3) is 3.43. The number of nitrogens with one attached hydrogen (secondary N) is 1. The van der Waals surface area contributed by atoms with E-state index < -0.39 is 5.91 Å². The fourth-order valence-electron chi connectivity index (χ4n) is 3.00. The molecular weight excluding hydrogens is 353 g/mol. The summed E-state index contributed by atoms with van der Waals surface area (Å²) in [6, 6.07) is 6.82. The molecule has 4 rings (SSSR count). The second-order valence-electron chi connectivity index (χ2n) is 6.33. The van der Waals surface area contributed by atoms with Crippen molar-refractivity contribution in [3.63, 3.8) is 0 Å². The van der Waals surface area contributed by atoms with Crippen molar-refractivity contribution in [2.45, 2.75) is 12.5 Å². The van der Waals surface area contributed by atoms with E-state index in [-0.39, 0.29) is 29.9 Å². The van der Waals surface area contributed by atoms with Gasteiger partial charge in [-0.05, 0) is 24.3 Å². The molecule has 0 spiro atoms. The van der Waals surface area contributed by atoms with Crippen molar-refractivity contribution in [2.75, 3.05) is 11.4 Å². The van der Waals surface area contributed by atoms with Gasteiger partial charge in [0.25, 0.3) is 5.91 Å². The Kier molecular flexibility index (Phi) is 4.19. The molecule has 2 amide bonds. The summed E-state index contributed by atoms with van der Waals surface area (Å²) < 4.78 is 19.8. The van der Waals surface area contributed by atoms with E-state index in [0.717, 1.165) is 5.56 Å². The minimum Gasteiger partial charge on any atom is -0.350 e. The average molecular weight is 369 g/mol. The monoisotopic (exact) mass is 369 g/mol. The van der Waals surface area contributed by atoms with Gasteiger partial charge in [0, 0.05) is 43.5 Å². The molecule has 0 saturated carbocycles. The lowest BCUT2D eigenvalue weighted by atomic mass is 10.2. The number of carbonyl (C=O) groups excluding carboxylic acids is 2. The predicted octanol–water partition coefficient (Wildman–Crippen LogP) is 1.75. The fraction of sp³-hybridized carbons (Fsp3) is 0.222. The van der Waals surface area contributed by atoms with Crippen molar-refractivity contribution in [3.8, 4) is 11.3 Å². The van der Waals surface area contributed by atoms with Gasteiger partial charge >= 0.3 is 0 Å². The third-order valence-corrected chi connectivity index (χ3v) is 4.33. The highest BCUT2D eigenvalue weighted by Gasteiger charge is 2.32. The molecule has 138 valence electrons. The van der Waals surface area contributed by atoms with Crippen LogP contribution in [0.1, 0.15) is 17.0 Å². The van der Waals surface area contributed by atoms with E-state index in [0.29, 0.717) is 17.9 Å². The number of nitrogens with zero attached hydrogens (tertiary/aromatic N) is 4. The van der Waals surface area contributed by atoms with Crippen LogP contribution in [-0.2, 0) is 11.8 Å². The molecule has 1 aromatic carbocycles. The first-order valence-corrected chi connectivity index (χ1v) is 8.32.